The summed E-state index contributed by atoms with van der Waals surface area (Å²) in [5.74, 6) is -0.230. The fourth-order valence-corrected chi connectivity index (χ4v) is 3.49. The molecule has 0 radical (unpaired) electrons. The van der Waals surface area contributed by atoms with Gasteiger partial charge in [0.1, 0.15) is 11.2 Å². The Morgan fingerprint density at radius 1 is 1.29 bits per heavy atom. The first-order valence-corrected chi connectivity index (χ1v) is 9.79. The summed E-state index contributed by atoms with van der Waals surface area (Å²) in [6.07, 6.45) is 1.62. The first-order valence-electron chi connectivity index (χ1n) is 8.91. The van der Waals surface area contributed by atoms with Gasteiger partial charge >= 0.3 is 0 Å². The molecule has 0 aliphatic carbocycles. The summed E-state index contributed by atoms with van der Waals surface area (Å²) in [4.78, 5) is 38.9. The third-order valence-electron chi connectivity index (χ3n) is 5.01. The number of carbonyl (C=O) groups excluding carboxylic acids is 2. The van der Waals surface area contributed by atoms with Crippen molar-refractivity contribution in [1.82, 2.24) is 15.3 Å². The highest BCUT2D eigenvalue weighted by Gasteiger charge is 2.43. The molecule has 4 rings (SSSR count). The molecule has 0 bridgehead atoms. The number of hydrogen-bond donors (Lipinski definition) is 2. The number of amidine groups is 1. The van der Waals surface area contributed by atoms with E-state index in [-0.39, 0.29) is 17.7 Å². The first kappa shape index (κ1) is 18.2. The van der Waals surface area contributed by atoms with Gasteiger partial charge < -0.3 is 5.32 Å². The highest BCUT2D eigenvalue weighted by atomic mass is 32.1. The Kier molecular flexibility index (Phi) is 4.43. The van der Waals surface area contributed by atoms with Crippen LogP contribution >= 0.6 is 11.3 Å². The monoisotopic (exact) mass is 393 g/mol. The van der Waals surface area contributed by atoms with Crippen molar-refractivity contribution in [1.29, 1.82) is 0 Å². The molecule has 3 heterocycles. The van der Waals surface area contributed by atoms with Crippen molar-refractivity contribution in [2.45, 2.75) is 26.3 Å². The van der Waals surface area contributed by atoms with Gasteiger partial charge in [0.15, 0.2) is 11.0 Å². The summed E-state index contributed by atoms with van der Waals surface area (Å²) in [6.45, 7) is 5.67. The normalized spacial score (nSPS) is 19.0. The van der Waals surface area contributed by atoms with Gasteiger partial charge in [-0.3, -0.25) is 14.9 Å². The molecule has 0 unspecified atom stereocenters. The lowest BCUT2D eigenvalue weighted by atomic mass is 9.89. The molecule has 142 valence electrons. The smallest absolute Gasteiger partial charge is 0.259 e. The lowest BCUT2D eigenvalue weighted by Gasteiger charge is -2.21. The zero-order valence-corrected chi connectivity index (χ0v) is 16.5. The average molecular weight is 393 g/mol. The van der Waals surface area contributed by atoms with E-state index in [1.807, 2.05) is 38.1 Å². The van der Waals surface area contributed by atoms with Crippen LogP contribution in [-0.2, 0) is 4.79 Å². The Balaban J connectivity index is 1.85. The Morgan fingerprint density at radius 3 is 2.75 bits per heavy atom. The van der Waals surface area contributed by atoms with Crippen LogP contribution in [0.4, 0.5) is 5.13 Å². The van der Waals surface area contributed by atoms with E-state index in [2.05, 4.69) is 25.6 Å². The van der Waals surface area contributed by atoms with Crippen LogP contribution in [0.15, 0.2) is 46.9 Å². The van der Waals surface area contributed by atoms with Crippen LogP contribution in [0.2, 0.25) is 0 Å². The minimum absolute atomic E-state index is 0.00180. The van der Waals surface area contributed by atoms with Crippen LogP contribution in [-0.4, -0.2) is 33.2 Å². The second-order valence-corrected chi connectivity index (χ2v) is 7.98. The standard InChI is InChI=1S/C20H19N5O2S/c1-11(2)20(3)18(27)23-16(25-20)15-13(17(26)24-19-21-8-9-28-19)10-12-6-4-5-7-14(12)22-15/h4-11H,1-3H3,(H,21,24,26)(H,23,25,27)/t20-/m1/s1. The molecule has 0 saturated heterocycles. The Morgan fingerprint density at radius 2 is 2.07 bits per heavy atom. The minimum Gasteiger partial charge on any atom is -0.307 e. The van der Waals surface area contributed by atoms with E-state index in [4.69, 9.17) is 0 Å². The largest absolute Gasteiger partial charge is 0.307 e. The molecule has 28 heavy (non-hydrogen) atoms. The molecule has 0 fully saturated rings. The lowest BCUT2D eigenvalue weighted by molar-refractivity contribution is -0.124. The van der Waals surface area contributed by atoms with Crippen molar-refractivity contribution in [3.05, 3.63) is 53.2 Å². The molecular weight excluding hydrogens is 374 g/mol. The number of amides is 2. The summed E-state index contributed by atoms with van der Waals surface area (Å²) in [7, 11) is 0. The number of benzene rings is 1. The Hall–Kier alpha value is -3.13. The Bertz CT molecular complexity index is 1110. The van der Waals surface area contributed by atoms with Crippen molar-refractivity contribution in [3.63, 3.8) is 0 Å². The number of hydrogen-bond acceptors (Lipinski definition) is 6. The van der Waals surface area contributed by atoms with Gasteiger partial charge in [-0.05, 0) is 25.0 Å². The number of aromatic nitrogens is 2. The highest BCUT2D eigenvalue weighted by molar-refractivity contribution is 7.13. The van der Waals surface area contributed by atoms with Crippen LogP contribution in [0, 0.1) is 5.92 Å². The van der Waals surface area contributed by atoms with Crippen molar-refractivity contribution in [3.8, 4) is 0 Å². The zero-order chi connectivity index (χ0) is 19.9. The van der Waals surface area contributed by atoms with Crippen LogP contribution in [0.5, 0.6) is 0 Å². The molecule has 3 aromatic rings. The molecule has 2 aromatic heterocycles. The van der Waals surface area contributed by atoms with Crippen LogP contribution in [0.3, 0.4) is 0 Å². The molecule has 0 spiro atoms. The highest BCUT2D eigenvalue weighted by Crippen LogP contribution is 2.28. The van der Waals surface area contributed by atoms with E-state index in [9.17, 15) is 9.59 Å². The summed E-state index contributed by atoms with van der Waals surface area (Å²) in [5, 5.41) is 8.70. The van der Waals surface area contributed by atoms with Crippen molar-refractivity contribution < 1.29 is 9.59 Å². The first-order chi connectivity index (χ1) is 13.4. The number of thiazole rings is 1. The molecule has 7 nitrogen and oxygen atoms in total. The fraction of sp³-hybridized carbons (Fsp3) is 0.250. The van der Waals surface area contributed by atoms with Crippen molar-refractivity contribution >= 4 is 45.0 Å². The van der Waals surface area contributed by atoms with Crippen molar-refractivity contribution in [2.24, 2.45) is 10.9 Å². The third-order valence-corrected chi connectivity index (χ3v) is 5.69. The number of pyridine rings is 1. The molecule has 2 amide bonds. The molecular formula is C20H19N5O2S. The predicted molar refractivity (Wildman–Crippen MR) is 110 cm³/mol. The molecule has 1 aromatic carbocycles. The molecule has 1 aliphatic heterocycles. The van der Waals surface area contributed by atoms with E-state index in [1.165, 1.54) is 11.3 Å². The van der Waals surface area contributed by atoms with Crippen molar-refractivity contribution in [2.75, 3.05) is 5.32 Å². The Labute approximate surface area is 165 Å². The number of carbonyl (C=O) groups is 2. The second kappa shape index (κ2) is 6.79. The summed E-state index contributed by atoms with van der Waals surface area (Å²) in [5.41, 5.74) is 0.510. The number of aliphatic imine (C=N–C) groups is 1. The second-order valence-electron chi connectivity index (χ2n) is 7.09. The maximum atomic E-state index is 13.0. The van der Waals surface area contributed by atoms with E-state index in [0.29, 0.717) is 22.2 Å². The van der Waals surface area contributed by atoms with Gasteiger partial charge in [0.2, 0.25) is 0 Å². The third kappa shape index (κ3) is 3.05. The van der Waals surface area contributed by atoms with Gasteiger partial charge in [-0.15, -0.1) is 11.3 Å². The number of fused-ring (bicyclic) bond motifs is 1. The summed E-state index contributed by atoms with van der Waals surface area (Å²) in [6, 6.07) is 9.28. The molecule has 2 N–H and O–H groups in total. The zero-order valence-electron chi connectivity index (χ0n) is 15.7. The SMILES string of the molecule is CC(C)[C@@]1(C)N=C(c2nc3ccccc3cc2C(=O)Nc2nccs2)NC1=O. The van der Waals surface area contributed by atoms with Gasteiger partial charge in [0, 0.05) is 17.0 Å². The van der Waals surface area contributed by atoms with Crippen LogP contribution < -0.4 is 10.6 Å². The summed E-state index contributed by atoms with van der Waals surface area (Å²) >= 11 is 1.33. The molecule has 8 heteroatoms. The minimum atomic E-state index is -0.897. The quantitative estimate of drug-likeness (QED) is 0.711. The number of nitrogens with one attached hydrogen (secondary N) is 2. The van der Waals surface area contributed by atoms with Gasteiger partial charge in [-0.2, -0.15) is 0 Å². The van der Waals surface area contributed by atoms with Gasteiger partial charge in [0.05, 0.1) is 11.1 Å². The maximum absolute atomic E-state index is 13.0. The topological polar surface area (TPSA) is 96.3 Å². The van der Waals surface area contributed by atoms with E-state index in [1.54, 1.807) is 24.6 Å². The fourth-order valence-electron chi connectivity index (χ4n) is 2.97. The van der Waals surface area contributed by atoms with Crippen LogP contribution in [0.25, 0.3) is 10.9 Å². The van der Waals surface area contributed by atoms with Gasteiger partial charge in [-0.1, -0.05) is 32.0 Å². The predicted octanol–water partition coefficient (Wildman–Crippen LogP) is 3.23. The summed E-state index contributed by atoms with van der Waals surface area (Å²) < 4.78 is 0. The maximum Gasteiger partial charge on any atom is 0.259 e. The molecule has 0 saturated carbocycles. The van der Waals surface area contributed by atoms with Gasteiger partial charge in [-0.25, -0.2) is 15.0 Å². The van der Waals surface area contributed by atoms with Crippen LogP contribution in [0.1, 0.15) is 36.8 Å². The number of para-hydroxylation sites is 1. The number of rotatable bonds is 4. The van der Waals surface area contributed by atoms with E-state index < -0.39 is 5.54 Å². The van der Waals surface area contributed by atoms with Gasteiger partial charge in [0.25, 0.3) is 11.8 Å². The average Bonchev–Trinajstić information content (AvgIpc) is 3.29. The van der Waals surface area contributed by atoms with E-state index >= 15 is 0 Å². The molecule has 1 atom stereocenters. The molecule has 1 aliphatic rings. The lowest BCUT2D eigenvalue weighted by Crippen LogP contribution is -2.41. The van der Waals surface area contributed by atoms with E-state index in [0.717, 1.165) is 10.9 Å². The number of anilines is 1. The number of nitrogens with zero attached hydrogens (tertiary/aromatic N) is 3.